The van der Waals surface area contributed by atoms with Gasteiger partial charge in [-0.2, -0.15) is 0 Å². The van der Waals surface area contributed by atoms with Gasteiger partial charge in [0.05, 0.1) is 51.7 Å². The van der Waals surface area contributed by atoms with E-state index >= 15 is 0 Å². The molecule has 11 heteroatoms. The molecule has 0 bridgehead atoms. The summed E-state index contributed by atoms with van der Waals surface area (Å²) in [5.74, 6) is -0.0582. The van der Waals surface area contributed by atoms with Crippen LogP contribution in [0, 0.1) is 0 Å². The minimum atomic E-state index is -2.70. The Hall–Kier alpha value is -2.64. The number of ether oxygens (including phenoxy) is 4. The molecule has 0 saturated carbocycles. The molecule has 1 N–H and O–H groups in total. The molecule has 2 aromatic carbocycles. The number of carbonyl (C=O) groups excluding carboxylic acids is 2. The van der Waals surface area contributed by atoms with Gasteiger partial charge in [0.2, 0.25) is 0 Å². The molecule has 626 valence electrons. The van der Waals surface area contributed by atoms with Gasteiger partial charge in [-0.3, -0.25) is 19.4 Å². The van der Waals surface area contributed by atoms with E-state index in [9.17, 15) is 14.7 Å². The van der Waals surface area contributed by atoms with Crippen molar-refractivity contribution in [3.05, 3.63) is 60.7 Å². The Bertz CT molecular complexity index is 2120. The van der Waals surface area contributed by atoms with Crippen LogP contribution in [0.15, 0.2) is 60.7 Å². The maximum absolute atomic E-state index is 13.1. The van der Waals surface area contributed by atoms with Crippen LogP contribution in [0.3, 0.4) is 0 Å². The first-order valence-electron chi connectivity index (χ1n) is 46.6. The number of likely N-dealkylation sites (N-methyl/N-ethyl adjacent to an activating group) is 2. The molecule has 4 atom stereocenters. The fraction of sp³-hybridized carbons (Fsp3) is 0.854. The van der Waals surface area contributed by atoms with E-state index in [0.29, 0.717) is 45.9 Å². The molecule has 0 aliphatic heterocycles. The first kappa shape index (κ1) is 102. The smallest absolute Gasteiger partial charge is 0.306 e. The van der Waals surface area contributed by atoms with E-state index in [0.717, 1.165) is 77.3 Å². The maximum Gasteiger partial charge on any atom is 0.306 e. The standard InChI is InChI=1S/C56H99NO4Si.C40H81NO4/c1-8-11-14-17-19-21-22-23-25-27-30-39-47-57(7)51(50-60-62(56(4,5)6,53-41-34-31-35-42-53)54-43-36-32-37-44-54)49-59-48-46-52(40-33-28-16-13-10-3)61-55(58)45-38-29-26-24-20-18-15-12-9-2;1-5-8-11-14-16-18-19-20-22-24-27-30-34-41(4)38(36-42)37-44-35-33-39(31-28-25-13-10-7-3)45-40(43)32-29-26-23-21-17-15-12-9-6-2/h31-32,34-37,41-44,51-52H,8-30,33,38-40,45-50H2,1-7H3;38-39,42H,5-37H2,1-4H3/t51-,52-;38-,39+/m10/s1. The number of aliphatic hydroxyl groups excluding tert-OH is 1. The highest BCUT2D eigenvalue weighted by Crippen LogP contribution is 2.37. The van der Waals surface area contributed by atoms with E-state index in [4.69, 9.17) is 23.4 Å². The lowest BCUT2D eigenvalue weighted by atomic mass is 10.1. The summed E-state index contributed by atoms with van der Waals surface area (Å²) < 4.78 is 32.3. The van der Waals surface area contributed by atoms with Crippen molar-refractivity contribution in [3.63, 3.8) is 0 Å². The van der Waals surface area contributed by atoms with Gasteiger partial charge in [0.25, 0.3) is 8.32 Å². The SMILES string of the molecule is CCCCCCCCCCCCCCN(C)[C@@H](CO)COCC[C@@H](CCCCCCC)OC(=O)CCCCCCCCCCC.CCCCCCCCCCCCCCN(C)[C@H](COCC[C@@H](CCCCCCC)OC(=O)CCCCCCCCCCC)CO[Si](c1ccccc1)(c1ccccc1)C(C)(C)C. The van der Waals surface area contributed by atoms with E-state index in [-0.39, 0.29) is 47.9 Å². The van der Waals surface area contributed by atoms with Crippen LogP contribution in [0.4, 0.5) is 0 Å². The summed E-state index contributed by atoms with van der Waals surface area (Å²) in [7, 11) is 1.68. The zero-order valence-corrected chi connectivity index (χ0v) is 74.0. The fourth-order valence-corrected chi connectivity index (χ4v) is 20.0. The number of hydrogen-bond donors (Lipinski definition) is 1. The molecule has 0 unspecified atom stereocenters. The summed E-state index contributed by atoms with van der Waals surface area (Å²) in [5, 5.41) is 12.5. The van der Waals surface area contributed by atoms with Gasteiger partial charge in [-0.1, -0.05) is 418 Å². The van der Waals surface area contributed by atoms with Gasteiger partial charge in [-0.05, 0) is 94.0 Å². The Balaban J connectivity index is 0.00000113. The lowest BCUT2D eigenvalue weighted by Gasteiger charge is -2.44. The van der Waals surface area contributed by atoms with Gasteiger partial charge in [0, 0.05) is 25.7 Å². The molecule has 0 heterocycles. The van der Waals surface area contributed by atoms with Crippen molar-refractivity contribution in [1.82, 2.24) is 9.80 Å². The third kappa shape index (κ3) is 57.1. The predicted octanol–water partition coefficient (Wildman–Crippen LogP) is 26.7. The molecular formula is C96H180N2O8Si. The number of rotatable bonds is 78. The van der Waals surface area contributed by atoms with Crippen LogP contribution in [0.1, 0.15) is 435 Å². The molecule has 0 aliphatic rings. The topological polar surface area (TPSA) is 107 Å². The van der Waals surface area contributed by atoms with Crippen LogP contribution >= 0.6 is 0 Å². The van der Waals surface area contributed by atoms with Crippen molar-refractivity contribution in [3.8, 4) is 0 Å². The molecule has 0 spiro atoms. The minimum absolute atomic E-state index is 0.0229. The van der Waals surface area contributed by atoms with E-state index < -0.39 is 8.32 Å². The largest absolute Gasteiger partial charge is 0.462 e. The number of esters is 2. The second-order valence-corrected chi connectivity index (χ2v) is 38.0. The maximum atomic E-state index is 13.1. The van der Waals surface area contributed by atoms with Crippen molar-refractivity contribution in [2.24, 2.45) is 0 Å². The monoisotopic (exact) mass is 1520 g/mol. The Morgan fingerprint density at radius 2 is 0.607 bits per heavy atom. The van der Waals surface area contributed by atoms with E-state index in [1.165, 1.54) is 306 Å². The highest BCUT2D eigenvalue weighted by molar-refractivity contribution is 6.99. The highest BCUT2D eigenvalue weighted by Gasteiger charge is 2.50. The van der Waals surface area contributed by atoms with Gasteiger partial charge < -0.3 is 28.5 Å². The normalized spacial score (nSPS) is 13.1. The molecule has 0 saturated heterocycles. The predicted molar refractivity (Wildman–Crippen MR) is 467 cm³/mol. The minimum Gasteiger partial charge on any atom is -0.462 e. The number of aliphatic hydroxyl groups is 1. The summed E-state index contributed by atoms with van der Waals surface area (Å²) in [6.07, 6.45) is 71.6. The van der Waals surface area contributed by atoms with Crippen LogP contribution < -0.4 is 10.4 Å². The van der Waals surface area contributed by atoms with Gasteiger partial charge in [0.15, 0.2) is 0 Å². The van der Waals surface area contributed by atoms with Gasteiger partial charge in [0.1, 0.15) is 12.2 Å². The van der Waals surface area contributed by atoms with Crippen molar-refractivity contribution in [2.75, 3.05) is 66.8 Å². The van der Waals surface area contributed by atoms with Gasteiger partial charge >= 0.3 is 11.9 Å². The zero-order chi connectivity index (χ0) is 78.0. The number of unbranched alkanes of at least 4 members (excludes halogenated alkanes) is 46. The Morgan fingerprint density at radius 1 is 0.346 bits per heavy atom. The zero-order valence-electron chi connectivity index (χ0n) is 73.0. The first-order valence-corrected chi connectivity index (χ1v) is 48.5. The lowest BCUT2D eigenvalue weighted by molar-refractivity contribution is -0.151. The van der Waals surface area contributed by atoms with Crippen LogP contribution in [-0.4, -0.2) is 126 Å². The van der Waals surface area contributed by atoms with Gasteiger partial charge in [-0.15, -0.1) is 0 Å². The van der Waals surface area contributed by atoms with Crippen LogP contribution in [0.5, 0.6) is 0 Å². The molecule has 0 radical (unpaired) electrons. The number of benzene rings is 2. The highest BCUT2D eigenvalue weighted by atomic mass is 28.4. The van der Waals surface area contributed by atoms with Crippen molar-refractivity contribution in [1.29, 1.82) is 0 Å². The third-order valence-electron chi connectivity index (χ3n) is 22.7. The molecule has 0 aromatic heterocycles. The molecule has 107 heavy (non-hydrogen) atoms. The number of hydrogen-bond acceptors (Lipinski definition) is 10. The molecule has 0 fully saturated rings. The summed E-state index contributed by atoms with van der Waals surface area (Å²) in [6.45, 7) is 25.8. The van der Waals surface area contributed by atoms with Crippen molar-refractivity contribution in [2.45, 2.75) is 464 Å². The Labute approximate surface area is 666 Å². The Morgan fingerprint density at radius 3 is 0.897 bits per heavy atom. The van der Waals surface area contributed by atoms with Crippen molar-refractivity contribution >= 4 is 30.6 Å². The Kier molecular flexibility index (Phi) is 71.5. The molecule has 0 aliphatic carbocycles. The lowest BCUT2D eigenvalue weighted by Crippen LogP contribution is -2.67. The fourth-order valence-electron chi connectivity index (χ4n) is 15.4. The van der Waals surface area contributed by atoms with E-state index in [1.54, 1.807) is 0 Å². The van der Waals surface area contributed by atoms with E-state index in [2.05, 4.69) is 147 Å². The average molecular weight is 1520 g/mol. The third-order valence-corrected chi connectivity index (χ3v) is 27.7. The van der Waals surface area contributed by atoms with E-state index in [1.807, 2.05) is 0 Å². The van der Waals surface area contributed by atoms with Crippen LogP contribution in [0.2, 0.25) is 5.04 Å². The van der Waals surface area contributed by atoms with Crippen molar-refractivity contribution < 1.29 is 38.1 Å². The second kappa shape index (κ2) is 74.8. The first-order chi connectivity index (χ1) is 52.3. The summed E-state index contributed by atoms with van der Waals surface area (Å²) in [5.41, 5.74) is 0. The summed E-state index contributed by atoms with van der Waals surface area (Å²) in [6, 6.07) is 22.2. The van der Waals surface area contributed by atoms with Gasteiger partial charge in [-0.25, -0.2) is 0 Å². The summed E-state index contributed by atoms with van der Waals surface area (Å²) in [4.78, 5) is 30.5. The number of carbonyl (C=O) groups is 2. The average Bonchev–Trinajstić information content (AvgIpc) is 0.749. The summed E-state index contributed by atoms with van der Waals surface area (Å²) >= 11 is 0. The van der Waals surface area contributed by atoms with Crippen LogP contribution in [0.25, 0.3) is 0 Å². The molecule has 0 amide bonds. The molecule has 10 nitrogen and oxygen atoms in total. The molecule has 2 rings (SSSR count). The number of nitrogens with zero attached hydrogens (tertiary/aromatic N) is 2. The quantitative estimate of drug-likeness (QED) is 0.0391. The second-order valence-electron chi connectivity index (χ2n) is 33.7. The van der Waals surface area contributed by atoms with Crippen LogP contribution in [-0.2, 0) is 33.0 Å². The molecular weight excluding hydrogens is 1340 g/mol. The molecule has 2 aromatic rings.